The largest absolute Gasteiger partial charge is 0.338 e. The molecule has 1 aromatic carbocycles. The zero-order valence-corrected chi connectivity index (χ0v) is 17.6. The van der Waals surface area contributed by atoms with Gasteiger partial charge in [0.25, 0.3) is 5.91 Å². The lowest BCUT2D eigenvalue weighted by atomic mass is 9.86. The van der Waals surface area contributed by atoms with Crippen molar-refractivity contribution in [2.24, 2.45) is 0 Å². The number of nitrogens with zero attached hydrogens (tertiary/aromatic N) is 2. The van der Waals surface area contributed by atoms with E-state index >= 15 is 0 Å². The molecule has 0 bridgehead atoms. The van der Waals surface area contributed by atoms with Gasteiger partial charge in [-0.05, 0) is 69.5 Å². The summed E-state index contributed by atoms with van der Waals surface area (Å²) in [4.78, 5) is 19.3. The van der Waals surface area contributed by atoms with Gasteiger partial charge in [-0.25, -0.2) is 0 Å². The zero-order chi connectivity index (χ0) is 19.0. The van der Waals surface area contributed by atoms with Crippen LogP contribution in [0, 0.1) is 6.92 Å². The molecule has 3 nitrogen and oxygen atoms in total. The number of likely N-dealkylation sites (tertiary alicyclic amines) is 1. The second-order valence-electron chi connectivity index (χ2n) is 8.33. The minimum Gasteiger partial charge on any atom is -0.338 e. The Bertz CT molecular complexity index is 809. The standard InChI is InChI=1S/C23H30N2OS/c1-17-16-20(27-21(17)22(26)25-14-6-7-15-25)18-8-10-19(11-9-18)23(24(2)3)12-4-5-13-23/h8-11,16H,4-7,12-15H2,1-3H3. The fraction of sp³-hybridized carbons (Fsp3) is 0.522. The van der Waals surface area contributed by atoms with Crippen molar-refractivity contribution in [1.29, 1.82) is 0 Å². The van der Waals surface area contributed by atoms with Crippen LogP contribution in [0.5, 0.6) is 0 Å². The van der Waals surface area contributed by atoms with Crippen molar-refractivity contribution in [3.8, 4) is 10.4 Å². The Morgan fingerprint density at radius 2 is 1.67 bits per heavy atom. The monoisotopic (exact) mass is 382 g/mol. The number of aryl methyl sites for hydroxylation is 1. The van der Waals surface area contributed by atoms with E-state index in [4.69, 9.17) is 0 Å². The van der Waals surface area contributed by atoms with Crippen LogP contribution in [0.1, 0.15) is 59.3 Å². The first-order valence-electron chi connectivity index (χ1n) is 10.2. The smallest absolute Gasteiger partial charge is 0.264 e. The Balaban J connectivity index is 1.59. The Hall–Kier alpha value is -1.65. The molecule has 2 aromatic rings. The van der Waals surface area contributed by atoms with Crippen LogP contribution in [-0.2, 0) is 5.54 Å². The highest BCUT2D eigenvalue weighted by molar-refractivity contribution is 7.17. The summed E-state index contributed by atoms with van der Waals surface area (Å²) in [6.45, 7) is 3.89. The molecular formula is C23H30N2OS. The van der Waals surface area contributed by atoms with Gasteiger partial charge in [0, 0.05) is 23.5 Å². The quantitative estimate of drug-likeness (QED) is 0.717. The molecule has 0 unspecified atom stereocenters. The average molecular weight is 383 g/mol. The number of carbonyl (C=O) groups is 1. The van der Waals surface area contributed by atoms with E-state index in [1.165, 1.54) is 41.7 Å². The lowest BCUT2D eigenvalue weighted by Crippen LogP contribution is -2.38. The van der Waals surface area contributed by atoms with Crippen molar-refractivity contribution in [2.75, 3.05) is 27.2 Å². The molecule has 0 radical (unpaired) electrons. The number of hydrogen-bond acceptors (Lipinski definition) is 3. The molecule has 4 heteroatoms. The van der Waals surface area contributed by atoms with Gasteiger partial charge >= 0.3 is 0 Å². The topological polar surface area (TPSA) is 23.6 Å². The van der Waals surface area contributed by atoms with E-state index in [0.717, 1.165) is 36.4 Å². The summed E-state index contributed by atoms with van der Waals surface area (Å²) < 4.78 is 0. The first kappa shape index (κ1) is 18.7. The van der Waals surface area contributed by atoms with Crippen molar-refractivity contribution < 1.29 is 4.79 Å². The normalized spacial score (nSPS) is 19.2. The van der Waals surface area contributed by atoms with Crippen molar-refractivity contribution in [3.05, 3.63) is 46.3 Å². The fourth-order valence-electron chi connectivity index (χ4n) is 4.80. The summed E-state index contributed by atoms with van der Waals surface area (Å²) >= 11 is 1.65. The van der Waals surface area contributed by atoms with E-state index in [-0.39, 0.29) is 11.4 Å². The molecule has 1 aliphatic heterocycles. The maximum absolute atomic E-state index is 12.8. The summed E-state index contributed by atoms with van der Waals surface area (Å²) in [5.74, 6) is 0.218. The van der Waals surface area contributed by atoms with Gasteiger partial charge in [0.15, 0.2) is 0 Å². The minimum atomic E-state index is 0.195. The number of benzene rings is 1. The predicted octanol–water partition coefficient (Wildman–Crippen LogP) is 5.29. The second kappa shape index (κ2) is 7.40. The highest BCUT2D eigenvalue weighted by Gasteiger charge is 2.37. The minimum absolute atomic E-state index is 0.195. The Labute approximate surface area is 167 Å². The lowest BCUT2D eigenvalue weighted by molar-refractivity contribution is 0.0797. The van der Waals surface area contributed by atoms with E-state index in [9.17, 15) is 4.79 Å². The van der Waals surface area contributed by atoms with Crippen LogP contribution in [-0.4, -0.2) is 42.9 Å². The summed E-state index contributed by atoms with van der Waals surface area (Å²) in [5.41, 5.74) is 3.95. The third kappa shape index (κ3) is 3.34. The highest BCUT2D eigenvalue weighted by Crippen LogP contribution is 2.43. The summed E-state index contributed by atoms with van der Waals surface area (Å²) in [5, 5.41) is 0. The van der Waals surface area contributed by atoms with Gasteiger partial charge in [0.05, 0.1) is 4.88 Å². The molecule has 0 spiro atoms. The molecular weight excluding hydrogens is 352 g/mol. The highest BCUT2D eigenvalue weighted by atomic mass is 32.1. The zero-order valence-electron chi connectivity index (χ0n) is 16.8. The molecule has 0 atom stereocenters. The van der Waals surface area contributed by atoms with Crippen molar-refractivity contribution in [1.82, 2.24) is 9.80 Å². The third-order valence-corrected chi connectivity index (χ3v) is 7.77. The van der Waals surface area contributed by atoms with Gasteiger partial charge in [-0.1, -0.05) is 37.1 Å². The van der Waals surface area contributed by atoms with Crippen LogP contribution >= 0.6 is 11.3 Å². The summed E-state index contributed by atoms with van der Waals surface area (Å²) in [6.07, 6.45) is 7.38. The molecule has 2 fully saturated rings. The molecule has 27 heavy (non-hydrogen) atoms. The van der Waals surface area contributed by atoms with Crippen LogP contribution in [0.25, 0.3) is 10.4 Å². The third-order valence-electron chi connectivity index (χ3n) is 6.50. The molecule has 144 valence electrons. The average Bonchev–Trinajstić information content (AvgIpc) is 3.42. The van der Waals surface area contributed by atoms with Gasteiger partial charge in [-0.3, -0.25) is 9.69 Å². The van der Waals surface area contributed by atoms with Crippen LogP contribution in [0.3, 0.4) is 0 Å². The van der Waals surface area contributed by atoms with Crippen molar-refractivity contribution in [2.45, 2.75) is 51.0 Å². The van der Waals surface area contributed by atoms with E-state index in [1.807, 2.05) is 4.90 Å². The van der Waals surface area contributed by atoms with E-state index in [2.05, 4.69) is 56.3 Å². The Morgan fingerprint density at radius 1 is 1.04 bits per heavy atom. The fourth-order valence-corrected chi connectivity index (χ4v) is 5.95. The maximum Gasteiger partial charge on any atom is 0.264 e. The van der Waals surface area contributed by atoms with Gasteiger partial charge < -0.3 is 4.90 Å². The lowest BCUT2D eigenvalue weighted by Gasteiger charge is -2.37. The molecule has 1 aromatic heterocycles. The number of amides is 1. The van der Waals surface area contributed by atoms with Gasteiger partial charge in [0.2, 0.25) is 0 Å². The first-order valence-corrected chi connectivity index (χ1v) is 11.0. The number of rotatable bonds is 4. The molecule has 1 saturated carbocycles. The maximum atomic E-state index is 12.8. The van der Waals surface area contributed by atoms with Crippen LogP contribution in [0.4, 0.5) is 0 Å². The molecule has 2 heterocycles. The van der Waals surface area contributed by atoms with Gasteiger partial charge in [-0.2, -0.15) is 0 Å². The van der Waals surface area contributed by atoms with Crippen LogP contribution < -0.4 is 0 Å². The van der Waals surface area contributed by atoms with Crippen molar-refractivity contribution >= 4 is 17.2 Å². The van der Waals surface area contributed by atoms with E-state index < -0.39 is 0 Å². The summed E-state index contributed by atoms with van der Waals surface area (Å²) in [7, 11) is 4.41. The predicted molar refractivity (Wildman–Crippen MR) is 113 cm³/mol. The van der Waals surface area contributed by atoms with E-state index in [1.54, 1.807) is 11.3 Å². The van der Waals surface area contributed by atoms with E-state index in [0.29, 0.717) is 0 Å². The molecule has 0 N–H and O–H groups in total. The number of carbonyl (C=O) groups excluding carboxylic acids is 1. The molecule has 4 rings (SSSR count). The number of hydrogen-bond donors (Lipinski definition) is 0. The Morgan fingerprint density at radius 3 is 2.26 bits per heavy atom. The van der Waals surface area contributed by atoms with Gasteiger partial charge in [0.1, 0.15) is 0 Å². The molecule has 2 aliphatic rings. The van der Waals surface area contributed by atoms with Crippen molar-refractivity contribution in [3.63, 3.8) is 0 Å². The summed E-state index contributed by atoms with van der Waals surface area (Å²) in [6, 6.07) is 11.3. The van der Waals surface area contributed by atoms with Crippen LogP contribution in [0.2, 0.25) is 0 Å². The molecule has 1 amide bonds. The van der Waals surface area contributed by atoms with Crippen LogP contribution in [0.15, 0.2) is 30.3 Å². The second-order valence-corrected chi connectivity index (χ2v) is 9.38. The molecule has 1 aliphatic carbocycles. The van der Waals surface area contributed by atoms with Gasteiger partial charge in [-0.15, -0.1) is 11.3 Å². The Kier molecular flexibility index (Phi) is 5.13. The SMILES string of the molecule is Cc1cc(-c2ccc(C3(N(C)C)CCCC3)cc2)sc1C(=O)N1CCCC1. The number of thiophene rings is 1. The first-order chi connectivity index (χ1) is 13.0. The molecule has 1 saturated heterocycles.